The molecule has 0 heterocycles. The first-order valence-corrected chi connectivity index (χ1v) is 8.94. The Kier molecular flexibility index (Phi) is 14.7. The van der Waals surface area contributed by atoms with E-state index in [9.17, 15) is 9.59 Å². The van der Waals surface area contributed by atoms with E-state index in [2.05, 4.69) is 15.9 Å². The predicted octanol–water partition coefficient (Wildman–Crippen LogP) is 5.46. The van der Waals surface area contributed by atoms with Crippen molar-refractivity contribution in [3.8, 4) is 0 Å². The molecule has 1 rings (SSSR count). The number of aliphatic carboxylic acids is 2. The Morgan fingerprint density at radius 1 is 1.04 bits per heavy atom. The number of carbonyl (C=O) groups is 2. The summed E-state index contributed by atoms with van der Waals surface area (Å²) < 4.78 is -2.17. The third kappa shape index (κ3) is 15.4. The smallest absolute Gasteiger partial charge is 0.356 e. The fraction of sp³-hybridized carbons (Fsp3) is 0.385. The van der Waals surface area contributed by atoms with E-state index in [1.54, 1.807) is 6.92 Å². The molecule has 0 aliphatic carbocycles. The van der Waals surface area contributed by atoms with E-state index >= 15 is 0 Å². The molecule has 0 aliphatic heterocycles. The van der Waals surface area contributed by atoms with Gasteiger partial charge in [-0.2, -0.15) is 0 Å². The van der Waals surface area contributed by atoms with Crippen molar-refractivity contribution in [3.05, 3.63) is 35.4 Å². The van der Waals surface area contributed by atoms with Crippen LogP contribution in [0, 0.1) is 0 Å². The fourth-order valence-corrected chi connectivity index (χ4v) is 1.07. The van der Waals surface area contributed by atoms with Gasteiger partial charge in [0.25, 0.3) is 3.79 Å². The van der Waals surface area contributed by atoms with Crippen LogP contribution in [0.3, 0.4) is 0 Å². The van der Waals surface area contributed by atoms with Crippen LogP contribution in [0.2, 0.25) is 0 Å². The number of carboxylic acid groups (broad SMARTS) is 2. The SMILES string of the molecule is CC(Br)C(=O)O.ClCc1ccc(CCl)cc1.O=C(O)C(Cl)(Cl)Cl. The highest BCUT2D eigenvalue weighted by Crippen LogP contribution is 2.25. The largest absolute Gasteiger partial charge is 0.480 e. The Morgan fingerprint density at radius 2 is 1.26 bits per heavy atom. The molecule has 1 aromatic carbocycles. The van der Waals surface area contributed by atoms with Crippen molar-refractivity contribution in [2.45, 2.75) is 27.3 Å². The number of halogens is 6. The summed E-state index contributed by atoms with van der Waals surface area (Å²) in [7, 11) is 0. The molecule has 1 aromatic rings. The normalized spacial score (nSPS) is 11.3. The van der Waals surface area contributed by atoms with Crippen LogP contribution in [-0.4, -0.2) is 30.8 Å². The van der Waals surface area contributed by atoms with E-state index in [1.165, 1.54) is 0 Å². The Bertz CT molecular complexity index is 451. The Hall–Kier alpha value is 0.0900. The molecule has 0 radical (unpaired) electrons. The molecule has 1 atom stereocenters. The van der Waals surface area contributed by atoms with Gasteiger partial charge in [0.1, 0.15) is 4.83 Å². The van der Waals surface area contributed by atoms with Gasteiger partial charge in [0, 0.05) is 11.8 Å². The lowest BCUT2D eigenvalue weighted by atomic mass is 10.2. The minimum atomic E-state index is -2.17. The maximum absolute atomic E-state index is 9.65. The van der Waals surface area contributed by atoms with E-state index in [-0.39, 0.29) is 0 Å². The molecule has 0 amide bonds. The second-order valence-corrected chi connectivity index (χ2v) is 8.03. The molecule has 132 valence electrons. The summed E-state index contributed by atoms with van der Waals surface area (Å²) in [5.74, 6) is -1.14. The minimum Gasteiger partial charge on any atom is -0.480 e. The molecule has 0 aromatic heterocycles. The first-order valence-electron chi connectivity index (χ1n) is 5.82. The van der Waals surface area contributed by atoms with E-state index < -0.39 is 20.6 Å². The zero-order chi connectivity index (χ0) is 18.6. The second kappa shape index (κ2) is 13.4. The van der Waals surface area contributed by atoms with Gasteiger partial charge in [-0.1, -0.05) is 75.0 Å². The van der Waals surface area contributed by atoms with Gasteiger partial charge in [-0.3, -0.25) is 4.79 Å². The molecular formula is C13H14BrCl5O4. The van der Waals surface area contributed by atoms with Crippen molar-refractivity contribution in [1.82, 2.24) is 0 Å². The molecule has 23 heavy (non-hydrogen) atoms. The van der Waals surface area contributed by atoms with Crippen LogP contribution in [0.4, 0.5) is 0 Å². The number of alkyl halides is 6. The highest BCUT2D eigenvalue weighted by atomic mass is 79.9. The lowest BCUT2D eigenvalue weighted by Gasteiger charge is -1.99. The number of rotatable bonds is 3. The molecular weight excluding hydrogens is 477 g/mol. The second-order valence-electron chi connectivity index (χ2n) is 3.84. The first kappa shape index (κ1) is 25.3. The summed E-state index contributed by atoms with van der Waals surface area (Å²) in [6, 6.07) is 7.96. The third-order valence-corrected chi connectivity index (χ3v) is 3.41. The lowest BCUT2D eigenvalue weighted by molar-refractivity contribution is -0.136. The summed E-state index contributed by atoms with van der Waals surface area (Å²) in [6.45, 7) is 1.56. The Balaban J connectivity index is 0. The zero-order valence-electron chi connectivity index (χ0n) is 11.8. The maximum Gasteiger partial charge on any atom is 0.356 e. The molecule has 0 bridgehead atoms. The van der Waals surface area contributed by atoms with Crippen LogP contribution in [0.1, 0.15) is 18.1 Å². The summed E-state index contributed by atoms with van der Waals surface area (Å²) in [6.07, 6.45) is 0. The van der Waals surface area contributed by atoms with Crippen LogP contribution in [-0.2, 0) is 21.3 Å². The average Bonchev–Trinajstić information content (AvgIpc) is 2.47. The van der Waals surface area contributed by atoms with Crippen LogP contribution in [0.15, 0.2) is 24.3 Å². The van der Waals surface area contributed by atoms with Crippen molar-refractivity contribution >= 4 is 85.9 Å². The van der Waals surface area contributed by atoms with Gasteiger partial charge in [-0.05, 0) is 18.1 Å². The van der Waals surface area contributed by atoms with Gasteiger partial charge < -0.3 is 10.2 Å². The van der Waals surface area contributed by atoms with Crippen molar-refractivity contribution < 1.29 is 19.8 Å². The summed E-state index contributed by atoms with van der Waals surface area (Å²) in [5, 5.41) is 15.8. The van der Waals surface area contributed by atoms with Gasteiger partial charge in [0.05, 0.1) is 0 Å². The van der Waals surface area contributed by atoms with Crippen molar-refractivity contribution in [1.29, 1.82) is 0 Å². The van der Waals surface area contributed by atoms with Gasteiger partial charge in [-0.25, -0.2) is 4.79 Å². The van der Waals surface area contributed by atoms with Crippen LogP contribution < -0.4 is 0 Å². The minimum absolute atomic E-state index is 0.419. The van der Waals surface area contributed by atoms with Gasteiger partial charge >= 0.3 is 11.9 Å². The Labute approximate surface area is 167 Å². The maximum atomic E-state index is 9.65. The van der Waals surface area contributed by atoms with Gasteiger partial charge in [0.15, 0.2) is 0 Å². The summed E-state index contributed by atoms with van der Waals surface area (Å²) >= 11 is 28.4. The number of benzene rings is 1. The zero-order valence-corrected chi connectivity index (χ0v) is 17.1. The molecule has 2 N–H and O–H groups in total. The van der Waals surface area contributed by atoms with Gasteiger partial charge in [-0.15, -0.1) is 23.2 Å². The quantitative estimate of drug-likeness (QED) is 0.551. The number of hydrogen-bond donors (Lipinski definition) is 2. The summed E-state index contributed by atoms with van der Waals surface area (Å²) in [5.41, 5.74) is 2.27. The van der Waals surface area contributed by atoms with Crippen LogP contribution >= 0.6 is 73.9 Å². The molecule has 0 saturated heterocycles. The van der Waals surface area contributed by atoms with E-state index in [0.29, 0.717) is 11.8 Å². The van der Waals surface area contributed by atoms with Crippen LogP contribution in [0.25, 0.3) is 0 Å². The summed E-state index contributed by atoms with van der Waals surface area (Å²) in [4.78, 5) is 18.9. The molecule has 4 nitrogen and oxygen atoms in total. The van der Waals surface area contributed by atoms with Crippen LogP contribution in [0.5, 0.6) is 0 Å². The Morgan fingerprint density at radius 3 is 1.35 bits per heavy atom. The topological polar surface area (TPSA) is 74.6 Å². The van der Waals surface area contributed by atoms with E-state index in [0.717, 1.165) is 11.1 Å². The number of carboxylic acids is 2. The fourth-order valence-electron chi connectivity index (χ4n) is 0.717. The third-order valence-electron chi connectivity index (χ3n) is 1.91. The van der Waals surface area contributed by atoms with E-state index in [4.69, 9.17) is 68.2 Å². The molecule has 1 unspecified atom stereocenters. The monoisotopic (exact) mass is 488 g/mol. The van der Waals surface area contributed by atoms with Gasteiger partial charge in [0.2, 0.25) is 0 Å². The van der Waals surface area contributed by atoms with Crippen molar-refractivity contribution in [2.75, 3.05) is 0 Å². The van der Waals surface area contributed by atoms with E-state index in [1.807, 2.05) is 24.3 Å². The molecule has 0 saturated carbocycles. The molecule has 10 heteroatoms. The number of hydrogen-bond acceptors (Lipinski definition) is 2. The highest BCUT2D eigenvalue weighted by Gasteiger charge is 2.29. The van der Waals surface area contributed by atoms with Crippen molar-refractivity contribution in [3.63, 3.8) is 0 Å². The standard InChI is InChI=1S/C8H8Cl2.C3H5BrO2.C2HCl3O2/c9-5-7-1-2-8(6-10)4-3-7;1-2(4)3(5)6;3-2(4,5)1(6)7/h1-4H,5-6H2;2H,1H3,(H,5,6);(H,6,7). The first-order chi connectivity index (χ1) is 10.4. The lowest BCUT2D eigenvalue weighted by Crippen LogP contribution is -2.16. The predicted molar refractivity (Wildman–Crippen MR) is 99.5 cm³/mol. The molecule has 0 fully saturated rings. The molecule has 0 aliphatic rings. The highest BCUT2D eigenvalue weighted by molar-refractivity contribution is 9.10. The average molecular weight is 491 g/mol. The van der Waals surface area contributed by atoms with Crippen molar-refractivity contribution in [2.24, 2.45) is 0 Å². The molecule has 0 spiro atoms.